The summed E-state index contributed by atoms with van der Waals surface area (Å²) in [5.41, 5.74) is 9.67. The van der Waals surface area contributed by atoms with Gasteiger partial charge in [-0.15, -0.1) is 0 Å². The second kappa shape index (κ2) is 10.8. The van der Waals surface area contributed by atoms with Crippen molar-refractivity contribution in [2.24, 2.45) is 15.8 Å². The zero-order chi connectivity index (χ0) is 24.0. The monoisotopic (exact) mass is 420 g/mol. The van der Waals surface area contributed by atoms with Crippen molar-refractivity contribution in [1.29, 1.82) is 0 Å². The Kier molecular flexibility index (Phi) is 9.29. The van der Waals surface area contributed by atoms with Crippen molar-refractivity contribution >= 4 is 29.2 Å². The van der Waals surface area contributed by atoms with E-state index in [1.165, 1.54) is 22.3 Å². The molecule has 0 heterocycles. The van der Waals surface area contributed by atoms with Crippen molar-refractivity contribution in [2.45, 2.75) is 75.7 Å². The molecule has 1 N–H and O–H groups in total. The van der Waals surface area contributed by atoms with E-state index in [4.69, 9.17) is 0 Å². The van der Waals surface area contributed by atoms with Crippen molar-refractivity contribution in [3.8, 4) is 0 Å². The van der Waals surface area contributed by atoms with E-state index in [9.17, 15) is 0 Å². The maximum atomic E-state index is 4.42. The number of anilines is 1. The number of hydrogen-bond donors (Lipinski definition) is 1. The SMILES string of the molecule is C=Nc1c(/C(C)=C/C=C(C)C(C)(C)CC)ccc(/C(C)=C/C=C(C)C(C)(C)C)c1NC. The van der Waals surface area contributed by atoms with Crippen LogP contribution in [-0.4, -0.2) is 13.8 Å². The number of allylic oxidation sites excluding steroid dienone is 8. The molecule has 0 aliphatic carbocycles. The Morgan fingerprint density at radius 3 is 1.81 bits per heavy atom. The summed E-state index contributed by atoms with van der Waals surface area (Å²) in [6, 6.07) is 4.35. The van der Waals surface area contributed by atoms with Crippen LogP contribution in [0.15, 0.2) is 52.6 Å². The van der Waals surface area contributed by atoms with Gasteiger partial charge >= 0.3 is 0 Å². The third kappa shape index (κ3) is 6.82. The van der Waals surface area contributed by atoms with Gasteiger partial charge < -0.3 is 5.32 Å². The van der Waals surface area contributed by atoms with Gasteiger partial charge in [0.1, 0.15) is 0 Å². The number of hydrogen-bond acceptors (Lipinski definition) is 2. The average Bonchev–Trinajstić information content (AvgIpc) is 2.72. The molecular formula is C29H44N2. The minimum Gasteiger partial charge on any atom is -0.386 e. The third-order valence-corrected chi connectivity index (χ3v) is 6.74. The highest BCUT2D eigenvalue weighted by Gasteiger charge is 2.17. The zero-order valence-electron chi connectivity index (χ0n) is 21.8. The topological polar surface area (TPSA) is 24.4 Å². The summed E-state index contributed by atoms with van der Waals surface area (Å²) >= 11 is 0. The number of nitrogens with one attached hydrogen (secondary N) is 1. The molecule has 0 saturated heterocycles. The maximum absolute atomic E-state index is 4.42. The van der Waals surface area contributed by atoms with Crippen molar-refractivity contribution in [1.82, 2.24) is 0 Å². The van der Waals surface area contributed by atoms with Gasteiger partial charge in [-0.1, -0.05) is 89.1 Å². The van der Waals surface area contributed by atoms with Gasteiger partial charge in [-0.3, -0.25) is 4.99 Å². The molecule has 0 aromatic heterocycles. The van der Waals surface area contributed by atoms with Crippen LogP contribution in [0, 0.1) is 10.8 Å². The smallest absolute Gasteiger partial charge is 0.0934 e. The molecule has 31 heavy (non-hydrogen) atoms. The van der Waals surface area contributed by atoms with Crippen LogP contribution in [0.5, 0.6) is 0 Å². The molecule has 0 bridgehead atoms. The van der Waals surface area contributed by atoms with Crippen LogP contribution in [0.2, 0.25) is 0 Å². The van der Waals surface area contributed by atoms with E-state index in [0.29, 0.717) is 0 Å². The fourth-order valence-corrected chi connectivity index (χ4v) is 3.09. The molecule has 0 fully saturated rings. The molecule has 0 spiro atoms. The van der Waals surface area contributed by atoms with Crippen LogP contribution in [0.1, 0.15) is 86.8 Å². The molecule has 2 nitrogen and oxygen atoms in total. The molecule has 2 heteroatoms. The predicted molar refractivity (Wildman–Crippen MR) is 144 cm³/mol. The summed E-state index contributed by atoms with van der Waals surface area (Å²) in [6.07, 6.45) is 9.98. The molecule has 1 aromatic carbocycles. The lowest BCUT2D eigenvalue weighted by molar-refractivity contribution is 0.429. The molecule has 0 aliphatic heterocycles. The third-order valence-electron chi connectivity index (χ3n) is 6.74. The number of benzene rings is 1. The van der Waals surface area contributed by atoms with Gasteiger partial charge in [0, 0.05) is 18.2 Å². The quantitative estimate of drug-likeness (QED) is 0.329. The lowest BCUT2D eigenvalue weighted by Gasteiger charge is -2.23. The Hall–Kier alpha value is -2.35. The van der Waals surface area contributed by atoms with E-state index in [0.717, 1.165) is 28.9 Å². The van der Waals surface area contributed by atoms with Gasteiger partial charge in [-0.2, -0.15) is 0 Å². The molecule has 170 valence electrons. The van der Waals surface area contributed by atoms with Gasteiger partial charge in [-0.05, 0) is 62.8 Å². The summed E-state index contributed by atoms with van der Waals surface area (Å²) < 4.78 is 0. The van der Waals surface area contributed by atoms with Crippen LogP contribution in [-0.2, 0) is 0 Å². The fraction of sp³-hybridized carbons (Fsp3) is 0.483. The Balaban J connectivity index is 3.50. The molecule has 0 atom stereocenters. The Bertz CT molecular complexity index is 913. The molecule has 0 radical (unpaired) electrons. The van der Waals surface area contributed by atoms with E-state index in [2.05, 4.69) is 123 Å². The first-order chi connectivity index (χ1) is 14.3. The Labute approximate surface area is 192 Å². The fourth-order valence-electron chi connectivity index (χ4n) is 3.09. The van der Waals surface area contributed by atoms with Crippen LogP contribution in [0.25, 0.3) is 11.1 Å². The number of aliphatic imine (C=N–C) groups is 1. The van der Waals surface area contributed by atoms with E-state index in [-0.39, 0.29) is 10.8 Å². The summed E-state index contributed by atoms with van der Waals surface area (Å²) in [7, 11) is 1.95. The van der Waals surface area contributed by atoms with Crippen molar-refractivity contribution in [2.75, 3.05) is 12.4 Å². The highest BCUT2D eigenvalue weighted by atomic mass is 14.9. The molecule has 0 amide bonds. The van der Waals surface area contributed by atoms with Gasteiger partial charge in [0.15, 0.2) is 0 Å². The van der Waals surface area contributed by atoms with Gasteiger partial charge in [0.25, 0.3) is 0 Å². The molecule has 0 unspecified atom stereocenters. The number of rotatable bonds is 8. The summed E-state index contributed by atoms with van der Waals surface area (Å²) in [5, 5.41) is 3.37. The van der Waals surface area contributed by atoms with Gasteiger partial charge in [0.05, 0.1) is 11.4 Å². The molecule has 1 aromatic rings. The first kappa shape index (κ1) is 26.7. The highest BCUT2D eigenvalue weighted by molar-refractivity contribution is 5.91. The second-order valence-corrected chi connectivity index (χ2v) is 10.2. The Morgan fingerprint density at radius 1 is 0.871 bits per heavy atom. The van der Waals surface area contributed by atoms with Gasteiger partial charge in [-0.25, -0.2) is 0 Å². The molecule has 0 aliphatic rings. The predicted octanol–water partition coefficient (Wildman–Crippen LogP) is 9.24. The first-order valence-electron chi connectivity index (χ1n) is 11.3. The van der Waals surface area contributed by atoms with Gasteiger partial charge in [0.2, 0.25) is 0 Å². The number of nitrogens with zero attached hydrogens (tertiary/aromatic N) is 1. The standard InChI is InChI=1S/C29H44N2/c1-13-29(9,10)23(5)17-15-21(3)25-19-18-24(26(30-11)27(25)31-12)20(2)14-16-22(4)28(6,7)8/h14-19,30H,12-13H2,1-11H3/b20-14+,21-15+,22-16?,23-17?. The Morgan fingerprint density at radius 2 is 1.35 bits per heavy atom. The summed E-state index contributed by atoms with van der Waals surface area (Å²) in [4.78, 5) is 4.42. The maximum Gasteiger partial charge on any atom is 0.0934 e. The normalized spacial score (nSPS) is 14.7. The molecule has 1 rings (SSSR count). The van der Waals surface area contributed by atoms with Crippen molar-refractivity contribution in [3.63, 3.8) is 0 Å². The van der Waals surface area contributed by atoms with E-state index in [1.54, 1.807) is 0 Å². The summed E-state index contributed by atoms with van der Waals surface area (Å²) in [6.45, 7) is 26.1. The molecule has 0 saturated carbocycles. The molecular weight excluding hydrogens is 376 g/mol. The van der Waals surface area contributed by atoms with Crippen LogP contribution >= 0.6 is 0 Å². The van der Waals surface area contributed by atoms with Crippen LogP contribution in [0.3, 0.4) is 0 Å². The zero-order valence-corrected chi connectivity index (χ0v) is 21.8. The highest BCUT2D eigenvalue weighted by Crippen LogP contribution is 2.39. The second-order valence-electron chi connectivity index (χ2n) is 10.2. The van der Waals surface area contributed by atoms with E-state index >= 15 is 0 Å². The minimum atomic E-state index is 0.167. The van der Waals surface area contributed by atoms with Crippen molar-refractivity contribution < 1.29 is 0 Å². The summed E-state index contributed by atoms with van der Waals surface area (Å²) in [5.74, 6) is 0. The minimum absolute atomic E-state index is 0.167. The lowest BCUT2D eigenvalue weighted by Crippen LogP contribution is -2.10. The van der Waals surface area contributed by atoms with Crippen molar-refractivity contribution in [3.05, 3.63) is 58.7 Å². The largest absolute Gasteiger partial charge is 0.386 e. The average molecular weight is 421 g/mol. The van der Waals surface area contributed by atoms with Crippen LogP contribution < -0.4 is 5.32 Å². The van der Waals surface area contributed by atoms with Crippen LogP contribution in [0.4, 0.5) is 11.4 Å². The van der Waals surface area contributed by atoms with E-state index < -0.39 is 0 Å². The first-order valence-corrected chi connectivity index (χ1v) is 11.3. The van der Waals surface area contributed by atoms with E-state index in [1.807, 2.05) is 7.05 Å². The lowest BCUT2D eigenvalue weighted by atomic mass is 9.82.